The van der Waals surface area contributed by atoms with Gasteiger partial charge in [-0.1, -0.05) is 35.9 Å². The zero-order chi connectivity index (χ0) is 17.5. The Balaban J connectivity index is 1.93. The Morgan fingerprint density at radius 3 is 2.62 bits per heavy atom. The topological polar surface area (TPSA) is 46.6 Å². The van der Waals surface area contributed by atoms with E-state index in [2.05, 4.69) is 4.74 Å². The van der Waals surface area contributed by atoms with E-state index in [1.165, 1.54) is 18.9 Å². The molecular weight excluding hydrogens is 346 g/mol. The highest BCUT2D eigenvalue weighted by Gasteiger charge is 2.12. The zero-order valence-electron chi connectivity index (χ0n) is 13.8. The van der Waals surface area contributed by atoms with Gasteiger partial charge in [0.05, 0.1) is 12.9 Å². The van der Waals surface area contributed by atoms with E-state index in [0.29, 0.717) is 30.2 Å². The predicted octanol–water partition coefficient (Wildman–Crippen LogP) is 4.00. The third-order valence-corrected chi connectivity index (χ3v) is 5.05. The van der Waals surface area contributed by atoms with Crippen LogP contribution in [0.15, 0.2) is 41.3 Å². The molecule has 0 saturated carbocycles. The number of hydrogen-bond donors (Lipinski definition) is 0. The predicted molar refractivity (Wildman–Crippen MR) is 98.6 cm³/mol. The van der Waals surface area contributed by atoms with Crippen molar-refractivity contribution in [2.45, 2.75) is 17.7 Å². The van der Waals surface area contributed by atoms with Crippen molar-refractivity contribution in [1.82, 2.24) is 4.90 Å². The van der Waals surface area contributed by atoms with Crippen molar-refractivity contribution in [1.29, 1.82) is 0 Å². The van der Waals surface area contributed by atoms with Crippen molar-refractivity contribution in [3.05, 3.63) is 41.4 Å². The molecule has 4 nitrogen and oxygen atoms in total. The molecule has 2 aromatic carbocycles. The fraction of sp³-hybridized carbons (Fsp3) is 0.333. The number of carbonyl (C=O) groups excluding carboxylic acids is 2. The monoisotopic (exact) mass is 365 g/mol. The Morgan fingerprint density at radius 2 is 1.92 bits per heavy atom. The Hall–Kier alpha value is -1.72. The van der Waals surface area contributed by atoms with Crippen LogP contribution in [0.4, 0.5) is 0 Å². The summed E-state index contributed by atoms with van der Waals surface area (Å²) in [7, 11) is 3.11. The van der Waals surface area contributed by atoms with Crippen molar-refractivity contribution in [2.24, 2.45) is 0 Å². The van der Waals surface area contributed by atoms with Crippen LogP contribution in [-0.4, -0.2) is 43.2 Å². The minimum atomic E-state index is -0.254. The minimum absolute atomic E-state index is 0.0222. The zero-order valence-corrected chi connectivity index (χ0v) is 15.3. The Morgan fingerprint density at radius 1 is 1.21 bits per heavy atom. The first kappa shape index (κ1) is 18.6. The summed E-state index contributed by atoms with van der Waals surface area (Å²) in [5, 5.41) is 2.73. The molecule has 24 heavy (non-hydrogen) atoms. The second-order valence-corrected chi connectivity index (χ2v) is 6.80. The van der Waals surface area contributed by atoms with Gasteiger partial charge in [0.2, 0.25) is 5.91 Å². The lowest BCUT2D eigenvalue weighted by molar-refractivity contribution is -0.141. The van der Waals surface area contributed by atoms with Gasteiger partial charge >= 0.3 is 5.97 Å². The number of nitrogens with zero attached hydrogens (tertiary/aromatic N) is 1. The van der Waals surface area contributed by atoms with E-state index in [9.17, 15) is 9.59 Å². The molecule has 0 aliphatic carbocycles. The maximum atomic E-state index is 12.2. The van der Waals surface area contributed by atoms with Gasteiger partial charge in [-0.3, -0.25) is 9.59 Å². The van der Waals surface area contributed by atoms with Crippen LogP contribution in [0, 0.1) is 0 Å². The Labute approximate surface area is 151 Å². The summed E-state index contributed by atoms with van der Waals surface area (Å²) in [6, 6.07) is 11.7. The second-order valence-electron chi connectivity index (χ2n) is 5.38. The largest absolute Gasteiger partial charge is 0.469 e. The number of benzene rings is 2. The molecule has 2 aromatic rings. The molecule has 0 aliphatic heterocycles. The molecule has 0 bridgehead atoms. The van der Waals surface area contributed by atoms with Crippen molar-refractivity contribution < 1.29 is 14.3 Å². The molecule has 0 aromatic heterocycles. The highest BCUT2D eigenvalue weighted by molar-refractivity contribution is 8.00. The molecule has 0 spiro atoms. The average Bonchev–Trinajstić information content (AvgIpc) is 2.59. The lowest BCUT2D eigenvalue weighted by Gasteiger charge is -2.17. The van der Waals surface area contributed by atoms with E-state index in [4.69, 9.17) is 11.6 Å². The molecule has 0 N–H and O–H groups in total. The summed E-state index contributed by atoms with van der Waals surface area (Å²) in [4.78, 5) is 26.0. The summed E-state index contributed by atoms with van der Waals surface area (Å²) in [5.41, 5.74) is 0. The molecule has 1 amide bonds. The number of esters is 1. The van der Waals surface area contributed by atoms with Crippen molar-refractivity contribution in [3.8, 4) is 0 Å². The lowest BCUT2D eigenvalue weighted by atomic mass is 10.1. The van der Waals surface area contributed by atoms with Crippen molar-refractivity contribution in [3.63, 3.8) is 0 Å². The van der Waals surface area contributed by atoms with E-state index in [-0.39, 0.29) is 11.9 Å². The second kappa shape index (κ2) is 8.94. The third kappa shape index (κ3) is 4.89. The van der Waals surface area contributed by atoms with Gasteiger partial charge < -0.3 is 9.64 Å². The van der Waals surface area contributed by atoms with Crippen LogP contribution < -0.4 is 0 Å². The number of methoxy groups -OCH3 is 1. The molecule has 0 atom stereocenters. The lowest BCUT2D eigenvalue weighted by Crippen LogP contribution is -2.29. The molecule has 0 fully saturated rings. The molecule has 0 aliphatic rings. The van der Waals surface area contributed by atoms with Gasteiger partial charge in [-0.05, 0) is 23.9 Å². The molecule has 6 heteroatoms. The number of ether oxygens (including phenoxy) is 1. The number of amides is 1. The normalized spacial score (nSPS) is 10.6. The van der Waals surface area contributed by atoms with Crippen molar-refractivity contribution >= 4 is 46.0 Å². The molecule has 2 rings (SSSR count). The number of hydrogen-bond acceptors (Lipinski definition) is 4. The highest BCUT2D eigenvalue weighted by atomic mass is 35.5. The average molecular weight is 366 g/mol. The maximum Gasteiger partial charge on any atom is 0.305 e. The van der Waals surface area contributed by atoms with Crippen LogP contribution in [0.2, 0.25) is 5.02 Å². The molecule has 128 valence electrons. The summed E-state index contributed by atoms with van der Waals surface area (Å²) in [6.45, 7) is 0.533. The summed E-state index contributed by atoms with van der Waals surface area (Å²) in [6.07, 6.45) is 0.917. The standard InChI is InChI=1S/C18H20ClNO3S/c1-20(11-5-10-17(22)23-2)16(21)12-24-15-9-4-7-13-6-3-8-14(19)18(13)15/h3-4,6-9H,5,10-12H2,1-2H3. The molecule has 0 unspecified atom stereocenters. The van der Waals surface area contributed by atoms with Crippen LogP contribution >= 0.6 is 23.4 Å². The van der Waals surface area contributed by atoms with E-state index < -0.39 is 0 Å². The van der Waals surface area contributed by atoms with E-state index in [1.54, 1.807) is 11.9 Å². The van der Waals surface area contributed by atoms with Gasteiger partial charge in [-0.2, -0.15) is 0 Å². The quantitative estimate of drug-likeness (QED) is 0.549. The summed E-state index contributed by atoms with van der Waals surface area (Å²) >= 11 is 7.78. The van der Waals surface area contributed by atoms with Gasteiger partial charge in [0, 0.05) is 35.3 Å². The van der Waals surface area contributed by atoms with Gasteiger partial charge in [0.15, 0.2) is 0 Å². The van der Waals surface area contributed by atoms with Gasteiger partial charge in [-0.25, -0.2) is 0 Å². The fourth-order valence-electron chi connectivity index (χ4n) is 2.32. The molecule has 0 heterocycles. The molecule has 0 saturated heterocycles. The van der Waals surface area contributed by atoms with Crippen LogP contribution in [-0.2, 0) is 14.3 Å². The third-order valence-electron chi connectivity index (χ3n) is 3.69. The van der Waals surface area contributed by atoms with Gasteiger partial charge in [0.1, 0.15) is 0 Å². The number of halogens is 1. The summed E-state index contributed by atoms with van der Waals surface area (Å²) < 4.78 is 4.59. The SMILES string of the molecule is COC(=O)CCCN(C)C(=O)CSc1cccc2cccc(Cl)c12. The van der Waals surface area contributed by atoms with E-state index in [1.807, 2.05) is 36.4 Å². The maximum absolute atomic E-state index is 12.2. The number of thioether (sulfide) groups is 1. The van der Waals surface area contributed by atoms with Crippen LogP contribution in [0.3, 0.4) is 0 Å². The van der Waals surface area contributed by atoms with Gasteiger partial charge in [0.25, 0.3) is 0 Å². The van der Waals surface area contributed by atoms with Crippen LogP contribution in [0.5, 0.6) is 0 Å². The minimum Gasteiger partial charge on any atom is -0.469 e. The van der Waals surface area contributed by atoms with E-state index >= 15 is 0 Å². The van der Waals surface area contributed by atoms with Crippen LogP contribution in [0.1, 0.15) is 12.8 Å². The van der Waals surface area contributed by atoms with Crippen molar-refractivity contribution in [2.75, 3.05) is 26.5 Å². The number of fused-ring (bicyclic) bond motifs is 1. The number of carbonyl (C=O) groups is 2. The Bertz CT molecular complexity index is 730. The van der Waals surface area contributed by atoms with E-state index in [0.717, 1.165) is 15.7 Å². The van der Waals surface area contributed by atoms with Gasteiger partial charge in [-0.15, -0.1) is 11.8 Å². The summed E-state index contributed by atoms with van der Waals surface area (Å²) in [5.74, 6) is 0.100. The first-order chi connectivity index (χ1) is 11.5. The number of rotatable bonds is 7. The highest BCUT2D eigenvalue weighted by Crippen LogP contribution is 2.33. The Kier molecular flexibility index (Phi) is 6.94. The fourth-order valence-corrected chi connectivity index (χ4v) is 3.71. The molecular formula is C18H20ClNO3S. The first-order valence-electron chi connectivity index (χ1n) is 7.63. The first-order valence-corrected chi connectivity index (χ1v) is 9.00. The molecule has 0 radical (unpaired) electrons. The van der Waals surface area contributed by atoms with Crippen LogP contribution in [0.25, 0.3) is 10.8 Å². The smallest absolute Gasteiger partial charge is 0.305 e.